The number of benzene rings is 1. The molecule has 106 valence electrons. The van der Waals surface area contributed by atoms with Crippen molar-refractivity contribution in [3.63, 3.8) is 0 Å². The predicted octanol–water partition coefficient (Wildman–Crippen LogP) is 3.98. The number of nitrogens with zero attached hydrogens (tertiary/aromatic N) is 1. The Morgan fingerprint density at radius 1 is 1.16 bits per heavy atom. The molecule has 1 heterocycles. The minimum Gasteiger partial charge on any atom is -0.508 e. The molecular formula is C17H27NO. The average molecular weight is 261 g/mol. The van der Waals surface area contributed by atoms with Gasteiger partial charge in [0, 0.05) is 18.1 Å². The molecule has 1 N–H and O–H groups in total. The van der Waals surface area contributed by atoms with Gasteiger partial charge in [0.2, 0.25) is 0 Å². The second-order valence-electron chi connectivity index (χ2n) is 6.13. The Hall–Kier alpha value is -1.02. The number of aromatic hydroxyl groups is 1. The van der Waals surface area contributed by atoms with Gasteiger partial charge in [0.15, 0.2) is 0 Å². The highest BCUT2D eigenvalue weighted by atomic mass is 16.3. The van der Waals surface area contributed by atoms with Gasteiger partial charge in [-0.05, 0) is 64.2 Å². The van der Waals surface area contributed by atoms with E-state index in [9.17, 15) is 5.11 Å². The lowest BCUT2D eigenvalue weighted by Gasteiger charge is -2.43. The summed E-state index contributed by atoms with van der Waals surface area (Å²) in [6, 6.07) is 9.71. The Morgan fingerprint density at radius 2 is 1.74 bits per heavy atom. The summed E-state index contributed by atoms with van der Waals surface area (Å²) >= 11 is 0. The van der Waals surface area contributed by atoms with Gasteiger partial charge in [0.1, 0.15) is 5.75 Å². The molecule has 0 spiro atoms. The van der Waals surface area contributed by atoms with Crippen LogP contribution in [0.3, 0.4) is 0 Å². The Bertz CT molecular complexity index is 377. The van der Waals surface area contributed by atoms with Crippen LogP contribution in [0.2, 0.25) is 0 Å². The van der Waals surface area contributed by atoms with Crippen LogP contribution in [0.15, 0.2) is 24.3 Å². The van der Waals surface area contributed by atoms with Gasteiger partial charge in [0.25, 0.3) is 0 Å². The van der Waals surface area contributed by atoms with Crippen molar-refractivity contribution in [3.8, 4) is 5.75 Å². The van der Waals surface area contributed by atoms with Crippen LogP contribution in [-0.4, -0.2) is 28.1 Å². The van der Waals surface area contributed by atoms with E-state index in [1.165, 1.54) is 31.2 Å². The fourth-order valence-corrected chi connectivity index (χ4v) is 3.50. The van der Waals surface area contributed by atoms with Crippen LogP contribution in [0.25, 0.3) is 0 Å². The van der Waals surface area contributed by atoms with Gasteiger partial charge in [-0.1, -0.05) is 18.6 Å². The van der Waals surface area contributed by atoms with E-state index in [-0.39, 0.29) is 0 Å². The molecule has 0 aliphatic carbocycles. The van der Waals surface area contributed by atoms with E-state index in [0.717, 1.165) is 18.5 Å². The lowest BCUT2D eigenvalue weighted by molar-refractivity contribution is 0.0590. The van der Waals surface area contributed by atoms with Gasteiger partial charge in [-0.25, -0.2) is 0 Å². The Labute approximate surface area is 117 Å². The van der Waals surface area contributed by atoms with Crippen LogP contribution in [0.1, 0.15) is 52.0 Å². The molecule has 0 bridgehead atoms. The average Bonchev–Trinajstić information content (AvgIpc) is 2.38. The SMILES string of the molecule is CC1CCCC(C)N1C(C)CCc1ccc(O)cc1. The van der Waals surface area contributed by atoms with Gasteiger partial charge >= 0.3 is 0 Å². The molecule has 0 aromatic heterocycles. The van der Waals surface area contributed by atoms with Crippen LogP contribution in [0.4, 0.5) is 0 Å². The van der Waals surface area contributed by atoms with E-state index in [1.807, 2.05) is 12.1 Å². The maximum atomic E-state index is 9.30. The molecule has 0 saturated carbocycles. The summed E-state index contributed by atoms with van der Waals surface area (Å²) in [5, 5.41) is 9.30. The van der Waals surface area contributed by atoms with Crippen LogP contribution in [-0.2, 0) is 6.42 Å². The topological polar surface area (TPSA) is 23.5 Å². The summed E-state index contributed by atoms with van der Waals surface area (Å²) in [4.78, 5) is 2.70. The lowest BCUT2D eigenvalue weighted by Crippen LogP contribution is -2.48. The van der Waals surface area contributed by atoms with Crippen molar-refractivity contribution in [2.45, 2.75) is 71.0 Å². The normalized spacial score (nSPS) is 26.3. The number of phenolic OH excluding ortho intramolecular Hbond substituents is 1. The fourth-order valence-electron chi connectivity index (χ4n) is 3.50. The molecule has 0 amide bonds. The first kappa shape index (κ1) is 14.4. The van der Waals surface area contributed by atoms with Crippen molar-refractivity contribution in [2.24, 2.45) is 0 Å². The van der Waals surface area contributed by atoms with Gasteiger partial charge in [0.05, 0.1) is 0 Å². The smallest absolute Gasteiger partial charge is 0.115 e. The molecule has 1 aromatic rings. The highest BCUT2D eigenvalue weighted by Gasteiger charge is 2.28. The highest BCUT2D eigenvalue weighted by Crippen LogP contribution is 2.26. The van der Waals surface area contributed by atoms with E-state index < -0.39 is 0 Å². The van der Waals surface area contributed by atoms with Crippen LogP contribution in [0.5, 0.6) is 5.75 Å². The van der Waals surface area contributed by atoms with Crippen molar-refractivity contribution < 1.29 is 5.11 Å². The molecule has 1 aliphatic rings. The molecule has 2 rings (SSSR count). The monoisotopic (exact) mass is 261 g/mol. The second-order valence-corrected chi connectivity index (χ2v) is 6.13. The zero-order valence-corrected chi connectivity index (χ0v) is 12.5. The Balaban J connectivity index is 1.89. The number of hydrogen-bond acceptors (Lipinski definition) is 2. The Morgan fingerprint density at radius 3 is 2.32 bits per heavy atom. The predicted molar refractivity (Wildman–Crippen MR) is 80.5 cm³/mol. The third-order valence-electron chi connectivity index (χ3n) is 4.56. The summed E-state index contributed by atoms with van der Waals surface area (Å²) in [5.41, 5.74) is 1.32. The van der Waals surface area contributed by atoms with E-state index in [4.69, 9.17) is 0 Å². The summed E-state index contributed by atoms with van der Waals surface area (Å²) < 4.78 is 0. The minimum absolute atomic E-state index is 0.357. The minimum atomic E-state index is 0.357. The van der Waals surface area contributed by atoms with Gasteiger partial charge in [-0.15, -0.1) is 0 Å². The number of piperidine rings is 1. The Kier molecular flexibility index (Phi) is 4.87. The number of rotatable bonds is 4. The van der Waals surface area contributed by atoms with Gasteiger partial charge in [-0.2, -0.15) is 0 Å². The van der Waals surface area contributed by atoms with E-state index >= 15 is 0 Å². The molecular weight excluding hydrogens is 234 g/mol. The number of likely N-dealkylation sites (tertiary alicyclic amines) is 1. The number of aryl methyl sites for hydroxylation is 1. The molecule has 3 unspecified atom stereocenters. The molecule has 1 aromatic carbocycles. The largest absolute Gasteiger partial charge is 0.508 e. The molecule has 1 aliphatic heterocycles. The number of hydrogen-bond donors (Lipinski definition) is 1. The molecule has 1 fully saturated rings. The molecule has 2 heteroatoms. The molecule has 2 nitrogen and oxygen atoms in total. The van der Waals surface area contributed by atoms with Crippen molar-refractivity contribution >= 4 is 0 Å². The lowest BCUT2D eigenvalue weighted by atomic mass is 9.93. The van der Waals surface area contributed by atoms with Crippen LogP contribution >= 0.6 is 0 Å². The van der Waals surface area contributed by atoms with Crippen molar-refractivity contribution in [2.75, 3.05) is 0 Å². The summed E-state index contributed by atoms with van der Waals surface area (Å²) in [7, 11) is 0. The maximum absolute atomic E-state index is 9.30. The highest BCUT2D eigenvalue weighted by molar-refractivity contribution is 5.25. The first-order valence-corrected chi connectivity index (χ1v) is 7.63. The van der Waals surface area contributed by atoms with Gasteiger partial charge in [-0.3, -0.25) is 4.90 Å². The van der Waals surface area contributed by atoms with E-state index in [1.54, 1.807) is 12.1 Å². The molecule has 3 atom stereocenters. The van der Waals surface area contributed by atoms with Crippen molar-refractivity contribution in [3.05, 3.63) is 29.8 Å². The first-order chi connectivity index (χ1) is 9.08. The van der Waals surface area contributed by atoms with E-state index in [2.05, 4.69) is 25.7 Å². The zero-order valence-electron chi connectivity index (χ0n) is 12.5. The third-order valence-corrected chi connectivity index (χ3v) is 4.56. The quantitative estimate of drug-likeness (QED) is 0.886. The van der Waals surface area contributed by atoms with Crippen molar-refractivity contribution in [1.82, 2.24) is 4.90 Å². The van der Waals surface area contributed by atoms with Crippen molar-refractivity contribution in [1.29, 1.82) is 0 Å². The molecule has 1 saturated heterocycles. The fraction of sp³-hybridized carbons (Fsp3) is 0.647. The van der Waals surface area contributed by atoms with E-state index in [0.29, 0.717) is 11.8 Å². The maximum Gasteiger partial charge on any atom is 0.115 e. The third kappa shape index (κ3) is 3.73. The van der Waals surface area contributed by atoms with Crippen LogP contribution < -0.4 is 0 Å². The molecule has 0 radical (unpaired) electrons. The summed E-state index contributed by atoms with van der Waals surface area (Å²) in [6.07, 6.45) is 6.35. The summed E-state index contributed by atoms with van der Waals surface area (Å²) in [6.45, 7) is 7.10. The van der Waals surface area contributed by atoms with Gasteiger partial charge < -0.3 is 5.11 Å². The van der Waals surface area contributed by atoms with Crippen LogP contribution in [0, 0.1) is 0 Å². The standard InChI is InChI=1S/C17H27NO/c1-13-5-4-6-14(2)18(13)15(3)7-8-16-9-11-17(19)12-10-16/h9-15,19H,4-8H2,1-3H3. The molecule has 19 heavy (non-hydrogen) atoms. The number of phenols is 1. The zero-order chi connectivity index (χ0) is 13.8. The second kappa shape index (κ2) is 6.42. The first-order valence-electron chi connectivity index (χ1n) is 7.63. The summed E-state index contributed by atoms with van der Waals surface area (Å²) in [5.74, 6) is 0.357.